The number of esters is 2. The maximum atomic E-state index is 12.8. The number of cyclic esters (lactones) is 1. The average Bonchev–Trinajstić information content (AvgIpc) is 2.70. The van der Waals surface area contributed by atoms with Crippen LogP contribution in [0, 0.1) is 0 Å². The van der Waals surface area contributed by atoms with E-state index in [-0.39, 0.29) is 13.0 Å². The normalized spacial score (nSPS) is 22.8. The van der Waals surface area contributed by atoms with Crippen LogP contribution in [0.25, 0.3) is 0 Å². The third-order valence-corrected chi connectivity index (χ3v) is 3.15. The van der Waals surface area contributed by atoms with Gasteiger partial charge >= 0.3 is 18.1 Å². The van der Waals surface area contributed by atoms with Crippen molar-refractivity contribution in [2.45, 2.75) is 30.4 Å². The lowest BCUT2D eigenvalue weighted by molar-refractivity contribution is -0.777. The number of carbonyl (C=O) groups excluding carboxylic acids is 2. The maximum absolute atomic E-state index is 12.8. The second-order valence-corrected chi connectivity index (χ2v) is 4.72. The van der Waals surface area contributed by atoms with Crippen molar-refractivity contribution in [2.24, 2.45) is 0 Å². The van der Waals surface area contributed by atoms with Gasteiger partial charge in [0.1, 0.15) is 0 Å². The highest BCUT2D eigenvalue weighted by Crippen LogP contribution is 2.43. The molecule has 7 nitrogen and oxygen atoms in total. The summed E-state index contributed by atoms with van der Waals surface area (Å²) in [6, 6.07) is 0. The van der Waals surface area contributed by atoms with E-state index in [4.69, 9.17) is 0 Å². The van der Waals surface area contributed by atoms with Gasteiger partial charge in [0.05, 0.1) is 18.6 Å². The van der Waals surface area contributed by atoms with Crippen LogP contribution in [0.1, 0.15) is 13.3 Å². The van der Waals surface area contributed by atoms with Crippen molar-refractivity contribution >= 4 is 24.0 Å². The topological polar surface area (TPSA) is 94.1 Å². The lowest BCUT2D eigenvalue weighted by Gasteiger charge is -2.28. The number of carbonyl (C=O) groups is 2. The first kappa shape index (κ1) is 16.0. The van der Waals surface area contributed by atoms with E-state index in [1.165, 1.54) is 0 Å². The summed E-state index contributed by atoms with van der Waals surface area (Å²) in [5.41, 5.74) is 0. The third-order valence-electron chi connectivity index (χ3n) is 2.30. The highest BCUT2D eigenvalue weighted by molar-refractivity contribution is 7.96. The second-order valence-electron chi connectivity index (χ2n) is 3.60. The van der Waals surface area contributed by atoms with Crippen molar-refractivity contribution < 1.29 is 46.9 Å². The minimum Gasteiger partial charge on any atom is -0.691 e. The summed E-state index contributed by atoms with van der Waals surface area (Å²) in [5, 5.41) is 12.4. The largest absolute Gasteiger partial charge is 0.691 e. The summed E-state index contributed by atoms with van der Waals surface area (Å²) >= 11 is -0.563. The summed E-state index contributed by atoms with van der Waals surface area (Å²) in [6.07, 6.45) is -6.53. The molecule has 0 spiro atoms. The monoisotopic (exact) mass is 305 g/mol. The molecule has 11 heteroatoms. The molecule has 1 heterocycles. The van der Waals surface area contributed by atoms with Crippen LogP contribution in [0.3, 0.4) is 0 Å². The first-order valence-electron chi connectivity index (χ1n) is 4.81. The molecule has 0 aliphatic carbocycles. The Morgan fingerprint density at radius 2 is 2.16 bits per heavy atom. The lowest BCUT2D eigenvalue weighted by atomic mass is 10.1. The molecule has 110 valence electrons. The minimum absolute atomic E-state index is 0.0396. The number of hydrogen-bond acceptors (Lipinski definition) is 8. The van der Waals surface area contributed by atoms with Gasteiger partial charge in [-0.25, -0.2) is 4.79 Å². The predicted octanol–water partition coefficient (Wildman–Crippen LogP) is 0.0378. The molecule has 1 saturated heterocycles. The van der Waals surface area contributed by atoms with Crippen molar-refractivity contribution in [3.63, 3.8) is 0 Å². The second kappa shape index (κ2) is 5.94. The molecule has 0 aromatic carbocycles. The minimum atomic E-state index is -5.09. The number of ether oxygens (including phenoxy) is 2. The Kier molecular flexibility index (Phi) is 5.01. The predicted molar refractivity (Wildman–Crippen MR) is 49.7 cm³/mol. The summed E-state index contributed by atoms with van der Waals surface area (Å²) < 4.78 is 47.5. The van der Waals surface area contributed by atoms with Crippen LogP contribution in [0.5, 0.6) is 0 Å². The highest BCUT2D eigenvalue weighted by Gasteiger charge is 2.61. The van der Waals surface area contributed by atoms with E-state index in [2.05, 4.69) is 18.8 Å². The SMILES string of the molecule is CC(SOO[O-])(C(=O)OC1CCOC1=O)C(F)(F)F. The fourth-order valence-corrected chi connectivity index (χ4v) is 1.48. The van der Waals surface area contributed by atoms with E-state index in [9.17, 15) is 28.0 Å². The Balaban J connectivity index is 2.79. The van der Waals surface area contributed by atoms with Crippen LogP contribution in [-0.4, -0.2) is 35.6 Å². The summed E-state index contributed by atoms with van der Waals surface area (Å²) in [4.78, 5) is 22.5. The van der Waals surface area contributed by atoms with Crippen LogP contribution >= 0.6 is 12.0 Å². The molecule has 0 saturated carbocycles. The van der Waals surface area contributed by atoms with Gasteiger partial charge in [-0.1, -0.05) is 0 Å². The van der Waals surface area contributed by atoms with Crippen molar-refractivity contribution in [1.82, 2.24) is 0 Å². The van der Waals surface area contributed by atoms with E-state index in [1.54, 1.807) is 0 Å². The van der Waals surface area contributed by atoms with Gasteiger partial charge in [0, 0.05) is 6.42 Å². The molecule has 0 bridgehead atoms. The zero-order valence-electron chi connectivity index (χ0n) is 9.39. The van der Waals surface area contributed by atoms with Crippen molar-refractivity contribution in [3.8, 4) is 0 Å². The molecule has 0 aromatic heterocycles. The molecule has 0 aromatic rings. The van der Waals surface area contributed by atoms with Gasteiger partial charge in [-0.2, -0.15) is 17.5 Å². The number of hydrogen-bond donors (Lipinski definition) is 0. The molecule has 1 aliphatic heterocycles. The van der Waals surface area contributed by atoms with E-state index in [0.717, 1.165) is 0 Å². The van der Waals surface area contributed by atoms with Gasteiger partial charge < -0.3 is 14.7 Å². The molecule has 2 atom stereocenters. The Bertz CT molecular complexity index is 361. The van der Waals surface area contributed by atoms with E-state index < -0.39 is 41.0 Å². The summed E-state index contributed by atoms with van der Waals surface area (Å²) in [6.45, 7) is 0.381. The van der Waals surface area contributed by atoms with Crippen LogP contribution in [0.2, 0.25) is 0 Å². The van der Waals surface area contributed by atoms with Gasteiger partial charge in [0.25, 0.3) is 0 Å². The number of rotatable bonds is 5. The summed E-state index contributed by atoms with van der Waals surface area (Å²) in [7, 11) is 0. The van der Waals surface area contributed by atoms with Crippen LogP contribution < -0.4 is 5.26 Å². The summed E-state index contributed by atoms with van der Waals surface area (Å²) in [5.74, 6) is -2.71. The van der Waals surface area contributed by atoms with Crippen LogP contribution in [0.4, 0.5) is 13.2 Å². The number of halogens is 3. The van der Waals surface area contributed by atoms with Gasteiger partial charge in [0.15, 0.2) is 0 Å². The Labute approximate surface area is 109 Å². The zero-order chi connectivity index (χ0) is 14.7. The lowest BCUT2D eigenvalue weighted by Crippen LogP contribution is -2.49. The molecule has 19 heavy (non-hydrogen) atoms. The first-order valence-corrected chi connectivity index (χ1v) is 5.55. The van der Waals surface area contributed by atoms with E-state index in [0.29, 0.717) is 6.92 Å². The maximum Gasteiger partial charge on any atom is 0.415 e. The average molecular weight is 305 g/mol. The molecule has 1 aliphatic rings. The molecule has 0 amide bonds. The Hall–Kier alpha value is -1.04. The van der Waals surface area contributed by atoms with Crippen molar-refractivity contribution in [2.75, 3.05) is 6.61 Å². The Morgan fingerprint density at radius 1 is 1.53 bits per heavy atom. The Morgan fingerprint density at radius 3 is 2.58 bits per heavy atom. The van der Waals surface area contributed by atoms with E-state index >= 15 is 0 Å². The van der Waals surface area contributed by atoms with E-state index in [1.807, 2.05) is 0 Å². The smallest absolute Gasteiger partial charge is 0.415 e. The third kappa shape index (κ3) is 3.49. The first-order chi connectivity index (χ1) is 8.72. The van der Waals surface area contributed by atoms with Crippen molar-refractivity contribution in [1.29, 1.82) is 0 Å². The molecular weight excluding hydrogens is 297 g/mol. The van der Waals surface area contributed by atoms with Crippen molar-refractivity contribution in [3.05, 3.63) is 0 Å². The molecule has 1 fully saturated rings. The molecule has 0 radical (unpaired) electrons. The van der Waals surface area contributed by atoms with Gasteiger partial charge in [-0.05, 0) is 6.92 Å². The molecule has 2 unspecified atom stereocenters. The zero-order valence-corrected chi connectivity index (χ0v) is 10.2. The molecule has 0 N–H and O–H groups in total. The number of alkyl halides is 3. The van der Waals surface area contributed by atoms with Gasteiger partial charge in [-0.15, -0.1) is 0 Å². The highest BCUT2D eigenvalue weighted by atomic mass is 32.2. The molecule has 1 rings (SSSR count). The standard InChI is InChI=1S/C8H9F3O7S/c1-7(8(9,10)11,19-18-17-14)6(13)16-4-2-3-15-5(4)12/h4,14H,2-3H2,1H3/p-1. The van der Waals surface area contributed by atoms with Gasteiger partial charge in [-0.3, -0.25) is 9.83 Å². The fourth-order valence-electron chi connectivity index (χ4n) is 1.10. The quantitative estimate of drug-likeness (QED) is 0.304. The van der Waals surface area contributed by atoms with Gasteiger partial charge in [0.2, 0.25) is 10.9 Å². The van der Waals surface area contributed by atoms with Crippen LogP contribution in [0.15, 0.2) is 0 Å². The molecular formula is C8H8F3O7S-. The van der Waals surface area contributed by atoms with Crippen LogP contribution in [-0.2, 0) is 28.4 Å². The fraction of sp³-hybridized carbons (Fsp3) is 0.750.